The number of nitrogens with zero attached hydrogens (tertiary/aromatic N) is 2. The summed E-state index contributed by atoms with van der Waals surface area (Å²) in [6, 6.07) is 4.84. The predicted octanol–water partition coefficient (Wildman–Crippen LogP) is 2.05. The van der Waals surface area contributed by atoms with E-state index in [2.05, 4.69) is 23.6 Å². The van der Waals surface area contributed by atoms with Crippen LogP contribution in [0.1, 0.15) is 29.8 Å². The van der Waals surface area contributed by atoms with Gasteiger partial charge in [0.1, 0.15) is 5.82 Å². The van der Waals surface area contributed by atoms with E-state index in [4.69, 9.17) is 5.11 Å². The summed E-state index contributed by atoms with van der Waals surface area (Å²) < 4.78 is 13.4. The molecular formula is C15H21FN2O2. The number of rotatable bonds is 4. The van der Waals surface area contributed by atoms with Crippen LogP contribution >= 0.6 is 0 Å². The van der Waals surface area contributed by atoms with E-state index in [9.17, 15) is 9.18 Å². The number of carbonyl (C=O) groups is 1. The van der Waals surface area contributed by atoms with Crippen LogP contribution in [0, 0.1) is 5.82 Å². The smallest absolute Gasteiger partial charge is 0.338 e. The molecule has 20 heavy (non-hydrogen) atoms. The zero-order valence-electron chi connectivity index (χ0n) is 12.0. The van der Waals surface area contributed by atoms with Crippen LogP contribution in [-0.2, 0) is 6.54 Å². The molecule has 1 atom stereocenters. The molecule has 1 N–H and O–H groups in total. The zero-order valence-corrected chi connectivity index (χ0v) is 12.0. The fraction of sp³-hybridized carbons (Fsp3) is 0.533. The van der Waals surface area contributed by atoms with Crippen molar-refractivity contribution in [1.29, 1.82) is 0 Å². The van der Waals surface area contributed by atoms with Crippen LogP contribution in [-0.4, -0.2) is 53.1 Å². The van der Waals surface area contributed by atoms with E-state index in [0.29, 0.717) is 12.6 Å². The lowest BCUT2D eigenvalue weighted by atomic mass is 10.1. The number of aromatic carboxylic acids is 1. The molecule has 5 heteroatoms. The van der Waals surface area contributed by atoms with Gasteiger partial charge in [-0.25, -0.2) is 9.18 Å². The minimum Gasteiger partial charge on any atom is -0.478 e. The Labute approximate surface area is 118 Å². The molecule has 1 aliphatic heterocycles. The summed E-state index contributed by atoms with van der Waals surface area (Å²) in [7, 11) is 0. The Bertz CT molecular complexity index is 493. The minimum atomic E-state index is -1.21. The fourth-order valence-corrected chi connectivity index (χ4v) is 2.78. The lowest BCUT2D eigenvalue weighted by Gasteiger charge is -2.39. The molecule has 0 saturated carbocycles. The first-order valence-corrected chi connectivity index (χ1v) is 6.99. The highest BCUT2D eigenvalue weighted by atomic mass is 19.1. The average molecular weight is 280 g/mol. The second-order valence-corrected chi connectivity index (χ2v) is 5.33. The van der Waals surface area contributed by atoms with E-state index in [0.717, 1.165) is 31.7 Å². The molecule has 1 fully saturated rings. The molecule has 1 aromatic carbocycles. The molecule has 1 aliphatic rings. The van der Waals surface area contributed by atoms with Gasteiger partial charge in [-0.15, -0.1) is 0 Å². The molecule has 0 radical (unpaired) electrons. The van der Waals surface area contributed by atoms with Gasteiger partial charge in [-0.05, 0) is 31.2 Å². The number of benzene rings is 1. The van der Waals surface area contributed by atoms with Crippen molar-refractivity contribution in [2.24, 2.45) is 0 Å². The van der Waals surface area contributed by atoms with Gasteiger partial charge in [-0.2, -0.15) is 0 Å². The van der Waals surface area contributed by atoms with Crippen LogP contribution in [0.5, 0.6) is 0 Å². The van der Waals surface area contributed by atoms with Crippen LogP contribution in [0.25, 0.3) is 0 Å². The molecule has 0 amide bonds. The van der Waals surface area contributed by atoms with E-state index < -0.39 is 11.8 Å². The van der Waals surface area contributed by atoms with Crippen LogP contribution in [0.2, 0.25) is 0 Å². The van der Waals surface area contributed by atoms with Crippen molar-refractivity contribution in [3.05, 3.63) is 35.1 Å². The standard InChI is InChI=1S/C15H21FN2O2/c1-3-18-7-6-17(9-11(18)2)10-12-4-5-14(16)13(8-12)15(19)20/h4-5,8,11H,3,6-7,9-10H2,1-2H3,(H,19,20). The van der Waals surface area contributed by atoms with Crippen LogP contribution in [0.15, 0.2) is 18.2 Å². The lowest BCUT2D eigenvalue weighted by molar-refractivity contribution is 0.0690. The van der Waals surface area contributed by atoms with Gasteiger partial charge in [0.05, 0.1) is 5.56 Å². The van der Waals surface area contributed by atoms with Crippen molar-refractivity contribution >= 4 is 5.97 Å². The molecule has 0 bridgehead atoms. The third kappa shape index (κ3) is 3.35. The topological polar surface area (TPSA) is 43.8 Å². The van der Waals surface area contributed by atoms with Crippen molar-refractivity contribution < 1.29 is 14.3 Å². The first-order chi connectivity index (χ1) is 9.51. The highest BCUT2D eigenvalue weighted by Crippen LogP contribution is 2.16. The van der Waals surface area contributed by atoms with Gasteiger partial charge in [0, 0.05) is 32.2 Å². The molecule has 1 heterocycles. The quantitative estimate of drug-likeness (QED) is 0.916. The minimum absolute atomic E-state index is 0.247. The Balaban J connectivity index is 2.04. The van der Waals surface area contributed by atoms with Gasteiger partial charge in [0.15, 0.2) is 0 Å². The Morgan fingerprint density at radius 1 is 1.45 bits per heavy atom. The number of hydrogen-bond donors (Lipinski definition) is 1. The van der Waals surface area contributed by atoms with Crippen LogP contribution in [0.3, 0.4) is 0 Å². The van der Waals surface area contributed by atoms with Gasteiger partial charge < -0.3 is 5.11 Å². The Morgan fingerprint density at radius 3 is 2.80 bits per heavy atom. The number of likely N-dealkylation sites (N-methyl/N-ethyl adjacent to an activating group) is 1. The van der Waals surface area contributed by atoms with E-state index in [1.54, 1.807) is 6.07 Å². The summed E-state index contributed by atoms with van der Waals surface area (Å²) >= 11 is 0. The number of carboxylic acids is 1. The highest BCUT2D eigenvalue weighted by Gasteiger charge is 2.22. The largest absolute Gasteiger partial charge is 0.478 e. The van der Waals surface area contributed by atoms with Crippen molar-refractivity contribution in [3.63, 3.8) is 0 Å². The number of piperazine rings is 1. The molecule has 1 saturated heterocycles. The summed E-state index contributed by atoms with van der Waals surface area (Å²) in [5.74, 6) is -1.89. The van der Waals surface area contributed by atoms with Gasteiger partial charge in [-0.3, -0.25) is 9.80 Å². The molecule has 1 aromatic rings. The number of hydrogen-bond acceptors (Lipinski definition) is 3. The SMILES string of the molecule is CCN1CCN(Cc2ccc(F)c(C(=O)O)c2)CC1C. The number of halogens is 1. The third-order valence-corrected chi connectivity index (χ3v) is 3.92. The molecule has 0 aliphatic carbocycles. The Hall–Kier alpha value is -1.46. The summed E-state index contributed by atoms with van der Waals surface area (Å²) in [6.45, 7) is 9.00. The highest BCUT2D eigenvalue weighted by molar-refractivity contribution is 5.88. The van der Waals surface area contributed by atoms with Gasteiger partial charge in [-0.1, -0.05) is 13.0 Å². The van der Waals surface area contributed by atoms with E-state index in [1.165, 1.54) is 12.1 Å². The predicted molar refractivity (Wildman–Crippen MR) is 75.3 cm³/mol. The molecular weight excluding hydrogens is 259 g/mol. The zero-order chi connectivity index (χ0) is 14.7. The monoisotopic (exact) mass is 280 g/mol. The fourth-order valence-electron chi connectivity index (χ4n) is 2.78. The maximum Gasteiger partial charge on any atom is 0.338 e. The summed E-state index contributed by atoms with van der Waals surface area (Å²) in [4.78, 5) is 15.6. The normalized spacial score (nSPS) is 21.1. The molecule has 2 rings (SSSR count). The first kappa shape index (κ1) is 14.9. The van der Waals surface area contributed by atoms with Crippen molar-refractivity contribution in [2.45, 2.75) is 26.4 Å². The van der Waals surface area contributed by atoms with Gasteiger partial charge in [0.2, 0.25) is 0 Å². The summed E-state index contributed by atoms with van der Waals surface area (Å²) in [5.41, 5.74) is 0.601. The second kappa shape index (κ2) is 6.33. The van der Waals surface area contributed by atoms with E-state index in [1.807, 2.05) is 0 Å². The lowest BCUT2D eigenvalue weighted by Crippen LogP contribution is -2.51. The molecule has 110 valence electrons. The first-order valence-electron chi connectivity index (χ1n) is 6.99. The van der Waals surface area contributed by atoms with E-state index in [-0.39, 0.29) is 5.56 Å². The van der Waals surface area contributed by atoms with Crippen molar-refractivity contribution in [1.82, 2.24) is 9.80 Å². The maximum atomic E-state index is 13.4. The van der Waals surface area contributed by atoms with Crippen LogP contribution in [0.4, 0.5) is 4.39 Å². The van der Waals surface area contributed by atoms with Gasteiger partial charge in [0.25, 0.3) is 0 Å². The molecule has 0 aromatic heterocycles. The van der Waals surface area contributed by atoms with E-state index >= 15 is 0 Å². The second-order valence-electron chi connectivity index (χ2n) is 5.33. The Kier molecular flexibility index (Phi) is 4.73. The number of carboxylic acid groups (broad SMARTS) is 1. The van der Waals surface area contributed by atoms with Crippen molar-refractivity contribution in [2.75, 3.05) is 26.2 Å². The van der Waals surface area contributed by atoms with Crippen LogP contribution < -0.4 is 0 Å². The Morgan fingerprint density at radius 2 is 2.20 bits per heavy atom. The summed E-state index contributed by atoms with van der Waals surface area (Å²) in [5, 5.41) is 8.94. The van der Waals surface area contributed by atoms with Gasteiger partial charge >= 0.3 is 5.97 Å². The molecule has 0 spiro atoms. The third-order valence-electron chi connectivity index (χ3n) is 3.92. The maximum absolute atomic E-state index is 13.4. The van der Waals surface area contributed by atoms with Crippen molar-refractivity contribution in [3.8, 4) is 0 Å². The average Bonchev–Trinajstić information content (AvgIpc) is 2.41. The molecule has 4 nitrogen and oxygen atoms in total. The molecule has 1 unspecified atom stereocenters. The summed E-state index contributed by atoms with van der Waals surface area (Å²) in [6.07, 6.45) is 0.